The third-order valence-corrected chi connectivity index (χ3v) is 1.62. The van der Waals surface area contributed by atoms with Crippen LogP contribution in [-0.4, -0.2) is 31.9 Å². The van der Waals surface area contributed by atoms with E-state index in [-0.39, 0.29) is 5.56 Å². The number of amides is 1. The lowest BCUT2D eigenvalue weighted by atomic mass is 10.2. The molecule has 0 fully saturated rings. The highest BCUT2D eigenvalue weighted by Gasteiger charge is 2.07. The van der Waals surface area contributed by atoms with Crippen LogP contribution < -0.4 is 4.74 Å². The number of benzene rings is 1. The Balaban J connectivity index is 2.96. The maximum atomic E-state index is 11.8. The van der Waals surface area contributed by atoms with Crippen molar-refractivity contribution in [2.24, 2.45) is 0 Å². The van der Waals surface area contributed by atoms with E-state index >= 15 is 0 Å². The fourth-order valence-electron chi connectivity index (χ4n) is 0.950. The van der Waals surface area contributed by atoms with Crippen molar-refractivity contribution in [1.82, 2.24) is 4.90 Å². The highest BCUT2D eigenvalue weighted by Crippen LogP contribution is 2.13. The van der Waals surface area contributed by atoms with Gasteiger partial charge >= 0.3 is 0 Å². The first-order valence-corrected chi connectivity index (χ1v) is 3.78. The Morgan fingerprint density at radius 1 is 1.62 bits per heavy atom. The van der Waals surface area contributed by atoms with Gasteiger partial charge in [-0.25, -0.2) is 0 Å². The molecule has 3 heteroatoms. The zero-order chi connectivity index (χ0) is 12.3. The zero-order valence-electron chi connectivity index (χ0n) is 10.6. The molecule has 1 amide bonds. The number of hydrogen-bond donors (Lipinski definition) is 0. The first-order valence-electron chi connectivity index (χ1n) is 5.28. The number of rotatable bonds is 2. The van der Waals surface area contributed by atoms with Gasteiger partial charge in [0.25, 0.3) is 5.91 Å². The maximum Gasteiger partial charge on any atom is 0.253 e. The van der Waals surface area contributed by atoms with Crippen molar-refractivity contribution < 1.29 is 13.6 Å². The molecular weight excluding hydrogens is 166 g/mol. The Hall–Kier alpha value is -1.51. The molecule has 3 nitrogen and oxygen atoms in total. The van der Waals surface area contributed by atoms with E-state index in [0.717, 1.165) is 4.90 Å². The summed E-state index contributed by atoms with van der Waals surface area (Å²) in [5.74, 6) is -0.0382. The summed E-state index contributed by atoms with van der Waals surface area (Å²) in [6.45, 7) is -2.43. The van der Waals surface area contributed by atoms with Gasteiger partial charge in [0.05, 0.1) is 7.11 Å². The normalized spacial score (nSPS) is 13.8. The predicted molar refractivity (Wildman–Crippen MR) is 51.0 cm³/mol. The average Bonchev–Trinajstić information content (AvgIpc) is 2.26. The van der Waals surface area contributed by atoms with Crippen LogP contribution in [0.1, 0.15) is 14.5 Å². The van der Waals surface area contributed by atoms with E-state index < -0.39 is 12.9 Å². The fraction of sp³-hybridized carbons (Fsp3) is 0.300. The van der Waals surface area contributed by atoms with Gasteiger partial charge in [-0.2, -0.15) is 0 Å². The molecule has 13 heavy (non-hydrogen) atoms. The van der Waals surface area contributed by atoms with Crippen LogP contribution in [0.25, 0.3) is 0 Å². The summed E-state index contributed by atoms with van der Waals surface area (Å²) in [5.41, 5.74) is 0.290. The second-order valence-corrected chi connectivity index (χ2v) is 2.60. The van der Waals surface area contributed by atoms with E-state index in [1.54, 1.807) is 18.2 Å². The van der Waals surface area contributed by atoms with Crippen molar-refractivity contribution in [3.05, 3.63) is 29.8 Å². The Morgan fingerprint density at radius 3 is 3.00 bits per heavy atom. The molecule has 0 N–H and O–H groups in total. The predicted octanol–water partition coefficient (Wildman–Crippen LogP) is 1.40. The van der Waals surface area contributed by atoms with Gasteiger partial charge in [0.15, 0.2) is 0 Å². The average molecular weight is 182 g/mol. The first-order chi connectivity index (χ1) is 7.36. The molecule has 1 rings (SSSR count). The number of methoxy groups -OCH3 is 1. The molecule has 0 aromatic heterocycles. The van der Waals surface area contributed by atoms with Crippen molar-refractivity contribution in [3.63, 3.8) is 0 Å². The third kappa shape index (κ3) is 2.21. The molecule has 0 heterocycles. The number of nitrogens with zero attached hydrogens (tertiary/aromatic N) is 1. The first kappa shape index (κ1) is 6.02. The summed E-state index contributed by atoms with van der Waals surface area (Å²) in [6, 6.07) is 6.38. The Bertz CT molecular complexity index is 390. The molecule has 0 atom stereocenters. The van der Waals surface area contributed by atoms with Crippen LogP contribution in [0.5, 0.6) is 5.75 Å². The minimum Gasteiger partial charge on any atom is -0.497 e. The molecule has 70 valence electrons. The van der Waals surface area contributed by atoms with Crippen LogP contribution in [0.15, 0.2) is 24.3 Å². The second kappa shape index (κ2) is 3.94. The quantitative estimate of drug-likeness (QED) is 0.692. The van der Waals surface area contributed by atoms with Gasteiger partial charge in [-0.1, -0.05) is 6.07 Å². The molecule has 0 aliphatic rings. The highest BCUT2D eigenvalue weighted by atomic mass is 16.5. The maximum absolute atomic E-state index is 11.8. The fourth-order valence-corrected chi connectivity index (χ4v) is 0.950. The minimum absolute atomic E-state index is 0.290. The van der Waals surface area contributed by atoms with Gasteiger partial charge < -0.3 is 9.64 Å². The Kier molecular flexibility index (Phi) is 1.82. The summed E-state index contributed by atoms with van der Waals surface area (Å²) < 4.78 is 26.3. The largest absolute Gasteiger partial charge is 0.497 e. The van der Waals surface area contributed by atoms with Gasteiger partial charge in [-0.3, -0.25) is 4.79 Å². The molecule has 0 spiro atoms. The molecule has 0 radical (unpaired) electrons. The summed E-state index contributed by atoms with van der Waals surface area (Å²) in [7, 11) is 2.73. The van der Waals surface area contributed by atoms with Crippen LogP contribution in [-0.2, 0) is 0 Å². The monoisotopic (exact) mass is 182 g/mol. The zero-order valence-corrected chi connectivity index (χ0v) is 7.57. The molecule has 0 saturated heterocycles. The number of hydrogen-bond acceptors (Lipinski definition) is 2. The molecule has 0 unspecified atom stereocenters. The van der Waals surface area contributed by atoms with Gasteiger partial charge in [0.1, 0.15) is 5.75 Å². The standard InChI is InChI=1S/C10H13NO2/c1-11(2)10(12)8-5-4-6-9(7-8)13-3/h4-7H,1-3H3/i1D3. The lowest BCUT2D eigenvalue weighted by Gasteiger charge is -2.10. The van der Waals surface area contributed by atoms with Gasteiger partial charge in [-0.15, -0.1) is 0 Å². The van der Waals surface area contributed by atoms with Gasteiger partial charge in [0, 0.05) is 23.7 Å². The number of ether oxygens (including phenoxy) is 1. The third-order valence-electron chi connectivity index (χ3n) is 1.62. The van der Waals surface area contributed by atoms with Crippen LogP contribution in [0.4, 0.5) is 0 Å². The van der Waals surface area contributed by atoms with E-state index in [1.165, 1.54) is 20.2 Å². The molecule has 1 aromatic carbocycles. The van der Waals surface area contributed by atoms with E-state index in [9.17, 15) is 4.79 Å². The van der Waals surface area contributed by atoms with Crippen molar-refractivity contribution >= 4 is 5.91 Å². The van der Waals surface area contributed by atoms with Crippen molar-refractivity contribution in [2.75, 3.05) is 21.1 Å². The van der Waals surface area contributed by atoms with E-state index in [4.69, 9.17) is 8.85 Å². The van der Waals surface area contributed by atoms with Crippen LogP contribution in [0.2, 0.25) is 0 Å². The minimum atomic E-state index is -2.43. The SMILES string of the molecule is [2H]C([2H])([2H])N(C)C(=O)c1cccc(OC)c1. The molecule has 0 saturated carbocycles. The summed E-state index contributed by atoms with van der Waals surface area (Å²) in [6.07, 6.45) is 0. The molecular formula is C10H13NO2. The topological polar surface area (TPSA) is 29.5 Å². The van der Waals surface area contributed by atoms with E-state index in [1.807, 2.05) is 0 Å². The molecule has 0 aliphatic heterocycles. The number of carbonyl (C=O) groups is 1. The van der Waals surface area contributed by atoms with Crippen LogP contribution >= 0.6 is 0 Å². The van der Waals surface area contributed by atoms with Gasteiger partial charge in [-0.05, 0) is 18.2 Å². The summed E-state index contributed by atoms with van der Waals surface area (Å²) >= 11 is 0. The van der Waals surface area contributed by atoms with E-state index in [0.29, 0.717) is 5.75 Å². The van der Waals surface area contributed by atoms with Crippen LogP contribution in [0, 0.1) is 0 Å². The molecule has 1 aromatic rings. The van der Waals surface area contributed by atoms with E-state index in [2.05, 4.69) is 0 Å². The Labute approximate surface area is 82.1 Å². The van der Waals surface area contributed by atoms with Crippen molar-refractivity contribution in [1.29, 1.82) is 0 Å². The lowest BCUT2D eigenvalue weighted by molar-refractivity contribution is 0.0827. The summed E-state index contributed by atoms with van der Waals surface area (Å²) in [5, 5.41) is 0. The van der Waals surface area contributed by atoms with Crippen LogP contribution in [0.3, 0.4) is 0 Å². The Morgan fingerprint density at radius 2 is 2.38 bits per heavy atom. The number of carbonyl (C=O) groups excluding carboxylic acids is 1. The van der Waals surface area contributed by atoms with Crippen molar-refractivity contribution in [3.8, 4) is 5.75 Å². The molecule has 0 bridgehead atoms. The smallest absolute Gasteiger partial charge is 0.253 e. The molecule has 0 aliphatic carbocycles. The summed E-state index contributed by atoms with van der Waals surface area (Å²) in [4.78, 5) is 12.5. The highest BCUT2D eigenvalue weighted by molar-refractivity contribution is 5.94. The lowest BCUT2D eigenvalue weighted by Crippen LogP contribution is -2.21. The van der Waals surface area contributed by atoms with Gasteiger partial charge in [0.2, 0.25) is 0 Å². The van der Waals surface area contributed by atoms with Crippen molar-refractivity contribution in [2.45, 2.75) is 0 Å². The second-order valence-electron chi connectivity index (χ2n) is 2.60.